The Labute approximate surface area is 116 Å². The number of carbonyl (C=O) groups is 2. The van der Waals surface area contributed by atoms with Gasteiger partial charge in [-0.3, -0.25) is 9.59 Å². The van der Waals surface area contributed by atoms with Crippen molar-refractivity contribution in [2.75, 3.05) is 19.7 Å². The Bertz CT molecular complexity index is 513. The zero-order valence-electron chi connectivity index (χ0n) is 10.9. The normalized spacial score (nSPS) is 26.9. The molecule has 2 aliphatic heterocycles. The molecule has 0 aliphatic carbocycles. The van der Waals surface area contributed by atoms with E-state index in [-0.39, 0.29) is 18.4 Å². The van der Waals surface area contributed by atoms with Crippen LogP contribution in [0, 0.1) is 0 Å². The first-order valence-electron chi connectivity index (χ1n) is 6.58. The maximum Gasteiger partial charge on any atom is 0.254 e. The van der Waals surface area contributed by atoms with Gasteiger partial charge in [0.2, 0.25) is 5.91 Å². The number of amides is 2. The summed E-state index contributed by atoms with van der Waals surface area (Å²) >= 11 is 0. The number of nitrogens with one attached hydrogen (secondary N) is 1. The number of aliphatic hydroxyl groups excluding tert-OH is 1. The van der Waals surface area contributed by atoms with Crippen molar-refractivity contribution in [3.8, 4) is 0 Å². The summed E-state index contributed by atoms with van der Waals surface area (Å²) in [6, 6.07) is 8.80. The number of aliphatic hydroxyl groups is 1. The van der Waals surface area contributed by atoms with Gasteiger partial charge < -0.3 is 20.1 Å². The van der Waals surface area contributed by atoms with E-state index in [2.05, 4.69) is 5.32 Å². The lowest BCUT2D eigenvalue weighted by atomic mass is 9.97. The van der Waals surface area contributed by atoms with Crippen LogP contribution in [0.5, 0.6) is 0 Å². The molecule has 20 heavy (non-hydrogen) atoms. The number of benzene rings is 1. The molecular weight excluding hydrogens is 260 g/mol. The van der Waals surface area contributed by atoms with Crippen LogP contribution in [-0.2, 0) is 14.3 Å². The van der Waals surface area contributed by atoms with Gasteiger partial charge >= 0.3 is 0 Å². The van der Waals surface area contributed by atoms with Gasteiger partial charge in [0.05, 0.1) is 12.1 Å². The minimum atomic E-state index is -0.734. The largest absolute Gasteiger partial charge is 0.389 e. The molecule has 2 heterocycles. The molecule has 0 bridgehead atoms. The molecule has 0 saturated carbocycles. The van der Waals surface area contributed by atoms with E-state index in [1.165, 1.54) is 0 Å². The maximum absolute atomic E-state index is 12.4. The number of carbonyl (C=O) groups excluding carboxylic acids is 2. The Morgan fingerprint density at radius 2 is 2.00 bits per heavy atom. The lowest BCUT2D eigenvalue weighted by molar-refractivity contribution is -0.162. The molecule has 2 atom stereocenters. The highest BCUT2D eigenvalue weighted by molar-refractivity contribution is 5.86. The number of rotatable bonds is 2. The Balaban J connectivity index is 1.80. The van der Waals surface area contributed by atoms with Crippen LogP contribution in [0.25, 0.3) is 0 Å². The van der Waals surface area contributed by atoms with Crippen LogP contribution < -0.4 is 5.32 Å². The van der Waals surface area contributed by atoms with Crippen LogP contribution in [-0.4, -0.2) is 53.7 Å². The SMILES string of the molecule is O=C1CO[C@H](C(=O)N2CC(O)C2)[C@@H](c2ccccc2)N1. The third kappa shape index (κ3) is 2.39. The van der Waals surface area contributed by atoms with Crippen molar-refractivity contribution in [2.24, 2.45) is 0 Å². The van der Waals surface area contributed by atoms with Crippen molar-refractivity contribution in [1.29, 1.82) is 0 Å². The summed E-state index contributed by atoms with van der Waals surface area (Å²) in [4.78, 5) is 25.4. The number of nitrogens with zero attached hydrogens (tertiary/aromatic N) is 1. The summed E-state index contributed by atoms with van der Waals surface area (Å²) in [5, 5.41) is 12.1. The summed E-state index contributed by atoms with van der Waals surface area (Å²) in [6.07, 6.45) is -1.19. The quantitative estimate of drug-likeness (QED) is 0.759. The fourth-order valence-corrected chi connectivity index (χ4v) is 2.50. The molecule has 0 spiro atoms. The van der Waals surface area contributed by atoms with Crippen molar-refractivity contribution in [1.82, 2.24) is 10.2 Å². The smallest absolute Gasteiger partial charge is 0.254 e. The highest BCUT2D eigenvalue weighted by Crippen LogP contribution is 2.25. The van der Waals surface area contributed by atoms with Crippen LogP contribution in [0.4, 0.5) is 0 Å². The monoisotopic (exact) mass is 276 g/mol. The third-order valence-electron chi connectivity index (χ3n) is 3.59. The van der Waals surface area contributed by atoms with Gasteiger partial charge in [-0.25, -0.2) is 0 Å². The summed E-state index contributed by atoms with van der Waals surface area (Å²) in [5.41, 5.74) is 0.833. The van der Waals surface area contributed by atoms with Gasteiger partial charge in [0.15, 0.2) is 6.10 Å². The predicted octanol–water partition coefficient (Wildman–Crippen LogP) is -0.554. The number of hydrogen-bond acceptors (Lipinski definition) is 4. The first kappa shape index (κ1) is 13.1. The van der Waals surface area contributed by atoms with Crippen LogP contribution in [0.2, 0.25) is 0 Å². The van der Waals surface area contributed by atoms with Crippen molar-refractivity contribution in [2.45, 2.75) is 18.2 Å². The van der Waals surface area contributed by atoms with Gasteiger partial charge in [-0.1, -0.05) is 30.3 Å². The highest BCUT2D eigenvalue weighted by atomic mass is 16.5. The Morgan fingerprint density at radius 1 is 1.30 bits per heavy atom. The summed E-state index contributed by atoms with van der Waals surface area (Å²) < 4.78 is 5.43. The van der Waals surface area contributed by atoms with Crippen LogP contribution in [0.3, 0.4) is 0 Å². The van der Waals surface area contributed by atoms with Crippen molar-refractivity contribution in [3.05, 3.63) is 35.9 Å². The zero-order valence-corrected chi connectivity index (χ0v) is 10.9. The lowest BCUT2D eigenvalue weighted by Gasteiger charge is -2.41. The molecule has 6 heteroatoms. The van der Waals surface area contributed by atoms with E-state index in [1.54, 1.807) is 4.90 Å². The Hall–Kier alpha value is -1.92. The molecule has 0 unspecified atom stereocenters. The highest BCUT2D eigenvalue weighted by Gasteiger charge is 2.41. The molecule has 1 aromatic carbocycles. The fourth-order valence-electron chi connectivity index (χ4n) is 2.50. The van der Waals surface area contributed by atoms with Crippen molar-refractivity contribution >= 4 is 11.8 Å². The van der Waals surface area contributed by atoms with E-state index in [0.29, 0.717) is 13.1 Å². The molecule has 2 fully saturated rings. The predicted molar refractivity (Wildman–Crippen MR) is 69.7 cm³/mol. The number of ether oxygens (including phenoxy) is 1. The second-order valence-electron chi connectivity index (χ2n) is 5.08. The van der Waals surface area contributed by atoms with Gasteiger partial charge in [0, 0.05) is 13.1 Å². The van der Waals surface area contributed by atoms with E-state index >= 15 is 0 Å². The second kappa shape index (κ2) is 5.22. The molecule has 2 N–H and O–H groups in total. The molecular formula is C14H16N2O4. The topological polar surface area (TPSA) is 78.9 Å². The van der Waals surface area contributed by atoms with Gasteiger partial charge in [0.25, 0.3) is 5.91 Å². The first-order chi connectivity index (χ1) is 9.65. The number of likely N-dealkylation sites (tertiary alicyclic amines) is 1. The summed E-state index contributed by atoms with van der Waals surface area (Å²) in [5.74, 6) is -0.421. The minimum absolute atomic E-state index is 0.115. The Morgan fingerprint density at radius 3 is 2.65 bits per heavy atom. The molecule has 106 valence electrons. The van der Waals surface area contributed by atoms with Gasteiger partial charge in [0.1, 0.15) is 6.61 Å². The molecule has 6 nitrogen and oxygen atoms in total. The van der Waals surface area contributed by atoms with E-state index < -0.39 is 18.2 Å². The van der Waals surface area contributed by atoms with E-state index in [4.69, 9.17) is 4.74 Å². The van der Waals surface area contributed by atoms with Crippen molar-refractivity contribution in [3.63, 3.8) is 0 Å². The maximum atomic E-state index is 12.4. The van der Waals surface area contributed by atoms with Crippen LogP contribution in [0.15, 0.2) is 30.3 Å². The molecule has 2 amide bonds. The van der Waals surface area contributed by atoms with Crippen molar-refractivity contribution < 1.29 is 19.4 Å². The molecule has 3 rings (SSSR count). The summed E-state index contributed by atoms with van der Waals surface area (Å²) in [6.45, 7) is 0.540. The average molecular weight is 276 g/mol. The lowest BCUT2D eigenvalue weighted by Crippen LogP contribution is -2.60. The molecule has 1 aromatic rings. The van der Waals surface area contributed by atoms with Gasteiger partial charge in [-0.2, -0.15) is 0 Å². The molecule has 0 aromatic heterocycles. The average Bonchev–Trinajstić information content (AvgIpc) is 2.44. The fraction of sp³-hybridized carbons (Fsp3) is 0.429. The van der Waals surface area contributed by atoms with E-state index in [0.717, 1.165) is 5.56 Å². The number of β-amino-alcohol motifs (C(OH)–C–C–N with tert-alkyl or cyclic N) is 1. The van der Waals surface area contributed by atoms with Crippen LogP contribution >= 0.6 is 0 Å². The number of morpholine rings is 1. The Kier molecular flexibility index (Phi) is 3.42. The molecule has 2 saturated heterocycles. The van der Waals surface area contributed by atoms with E-state index in [1.807, 2.05) is 30.3 Å². The van der Waals surface area contributed by atoms with Crippen LogP contribution in [0.1, 0.15) is 11.6 Å². The second-order valence-corrected chi connectivity index (χ2v) is 5.08. The molecule has 2 aliphatic rings. The minimum Gasteiger partial charge on any atom is -0.389 e. The zero-order chi connectivity index (χ0) is 14.1. The van der Waals surface area contributed by atoms with Gasteiger partial charge in [-0.05, 0) is 5.56 Å². The first-order valence-corrected chi connectivity index (χ1v) is 6.58. The third-order valence-corrected chi connectivity index (χ3v) is 3.59. The van der Waals surface area contributed by atoms with E-state index in [9.17, 15) is 14.7 Å². The summed E-state index contributed by atoms with van der Waals surface area (Å²) in [7, 11) is 0. The van der Waals surface area contributed by atoms with Gasteiger partial charge in [-0.15, -0.1) is 0 Å². The standard InChI is InChI=1S/C14H16N2O4/c17-10-6-16(7-10)14(19)13-12(15-11(18)8-20-13)9-4-2-1-3-5-9/h1-5,10,12-13,17H,6-8H2,(H,15,18)/t12-,13+/m1/s1. The number of hydrogen-bond donors (Lipinski definition) is 2. The molecule has 0 radical (unpaired) electrons.